The van der Waals surface area contributed by atoms with Crippen molar-refractivity contribution in [3.8, 4) is 55.6 Å². The van der Waals surface area contributed by atoms with E-state index >= 15 is 0 Å². The number of furan rings is 2. The lowest BCUT2D eigenvalue weighted by Crippen LogP contribution is -2.23. The third-order valence-corrected chi connectivity index (χ3v) is 18.4. The summed E-state index contributed by atoms with van der Waals surface area (Å²) in [6.45, 7) is 17.3. The van der Waals surface area contributed by atoms with Crippen LogP contribution in [0.5, 0.6) is 0 Å². The molecule has 0 bridgehead atoms. The van der Waals surface area contributed by atoms with Crippen molar-refractivity contribution >= 4 is 65.4 Å². The largest absolute Gasteiger partial charge is 0.455 e. The lowest BCUT2D eigenvalue weighted by atomic mass is 9.72. The minimum atomic E-state index is -0.440. The molecule has 13 aromatic rings. The summed E-state index contributed by atoms with van der Waals surface area (Å²) in [4.78, 5) is 0. The second kappa shape index (κ2) is 14.2. The number of hydrogen-bond donors (Lipinski definition) is 0. The summed E-state index contributed by atoms with van der Waals surface area (Å²) >= 11 is 0. The third kappa shape index (κ3) is 5.06. The molecule has 0 atom stereocenters. The molecule has 0 spiro atoms. The first-order valence-electron chi connectivity index (χ1n) is 26.3. The molecule has 3 aliphatic carbocycles. The second-order valence-electron chi connectivity index (χ2n) is 22.8. The van der Waals surface area contributed by atoms with Crippen LogP contribution in [0.4, 0.5) is 0 Å². The van der Waals surface area contributed by atoms with Gasteiger partial charge in [0.15, 0.2) is 0 Å². The summed E-state index contributed by atoms with van der Waals surface area (Å²) in [6, 6.07) is 70.0. The van der Waals surface area contributed by atoms with Crippen LogP contribution in [0.25, 0.3) is 121 Å². The van der Waals surface area contributed by atoms with Crippen LogP contribution in [0.1, 0.15) is 84.7 Å². The van der Waals surface area contributed by atoms with Gasteiger partial charge in [-0.1, -0.05) is 179 Å². The van der Waals surface area contributed by atoms with Gasteiger partial charge in [0, 0.05) is 48.9 Å². The van der Waals surface area contributed by atoms with Gasteiger partial charge in [-0.3, -0.25) is 0 Å². The van der Waals surface area contributed by atoms with Gasteiger partial charge >= 0.3 is 0 Å². The molecule has 0 N–H and O–H groups in total. The number of para-hydroxylation sites is 4. The third-order valence-electron chi connectivity index (χ3n) is 18.4. The molecule has 0 radical (unpaired) electrons. The smallest absolute Gasteiger partial charge is 0.143 e. The molecular weight excluding hydrogens is 897 g/mol. The Hall–Kier alpha value is -8.46. The van der Waals surface area contributed by atoms with Gasteiger partial charge < -0.3 is 8.83 Å². The Labute approximate surface area is 430 Å². The topological polar surface area (TPSA) is 26.3 Å². The second-order valence-corrected chi connectivity index (χ2v) is 22.8. The van der Waals surface area contributed by atoms with Crippen molar-refractivity contribution in [2.45, 2.75) is 64.7 Å². The van der Waals surface area contributed by atoms with Gasteiger partial charge in [-0.05, 0) is 173 Å². The molecule has 3 aliphatic rings. The van der Waals surface area contributed by atoms with E-state index in [0.717, 1.165) is 55.0 Å². The molecule has 2 heterocycles. The van der Waals surface area contributed by atoms with Crippen LogP contribution in [0, 0.1) is 13.8 Å². The van der Waals surface area contributed by atoms with E-state index in [2.05, 4.69) is 237 Å². The average Bonchev–Trinajstić information content (AvgIpc) is 4.21. The Morgan fingerprint density at radius 2 is 0.662 bits per heavy atom. The Morgan fingerprint density at radius 1 is 0.297 bits per heavy atom. The fourth-order valence-corrected chi connectivity index (χ4v) is 15.3. The highest BCUT2D eigenvalue weighted by atomic mass is 16.3. The van der Waals surface area contributed by atoms with Crippen molar-refractivity contribution in [3.05, 3.63) is 238 Å². The molecular formula is C72H52O2. The van der Waals surface area contributed by atoms with E-state index in [9.17, 15) is 0 Å². The molecule has 11 aromatic carbocycles. The van der Waals surface area contributed by atoms with Crippen LogP contribution in [0.2, 0.25) is 0 Å². The molecule has 2 aromatic heterocycles. The van der Waals surface area contributed by atoms with Crippen molar-refractivity contribution in [1.82, 2.24) is 0 Å². The summed E-state index contributed by atoms with van der Waals surface area (Å²) in [7, 11) is 0. The van der Waals surface area contributed by atoms with Crippen LogP contribution >= 0.6 is 0 Å². The molecule has 352 valence electrons. The molecule has 0 amide bonds. The normalized spacial score (nSPS) is 15.3. The fraction of sp³-hybridized carbons (Fsp3) is 0.139. The number of rotatable bonds is 3. The summed E-state index contributed by atoms with van der Waals surface area (Å²) in [5, 5.41) is 9.66. The van der Waals surface area contributed by atoms with Crippen LogP contribution in [-0.4, -0.2) is 0 Å². The van der Waals surface area contributed by atoms with E-state index in [-0.39, 0.29) is 10.8 Å². The van der Waals surface area contributed by atoms with Gasteiger partial charge in [0.2, 0.25) is 0 Å². The summed E-state index contributed by atoms with van der Waals surface area (Å²) in [6.07, 6.45) is 0. The maximum absolute atomic E-state index is 6.74. The zero-order valence-electron chi connectivity index (χ0n) is 42.7. The van der Waals surface area contributed by atoms with Gasteiger partial charge in [0.05, 0.1) is 0 Å². The monoisotopic (exact) mass is 948 g/mol. The van der Waals surface area contributed by atoms with Gasteiger partial charge in [-0.2, -0.15) is 0 Å². The molecule has 0 unspecified atom stereocenters. The summed E-state index contributed by atoms with van der Waals surface area (Å²) < 4.78 is 13.5. The maximum Gasteiger partial charge on any atom is 0.143 e. The Kier molecular flexibility index (Phi) is 8.07. The highest BCUT2D eigenvalue weighted by Gasteiger charge is 2.50. The number of hydrogen-bond acceptors (Lipinski definition) is 2. The predicted octanol–water partition coefficient (Wildman–Crippen LogP) is 19.7. The van der Waals surface area contributed by atoms with Crippen molar-refractivity contribution in [3.63, 3.8) is 0 Å². The van der Waals surface area contributed by atoms with E-state index in [1.165, 1.54) is 116 Å². The first kappa shape index (κ1) is 42.1. The molecule has 0 saturated heterocycles. The van der Waals surface area contributed by atoms with Gasteiger partial charge in [-0.25, -0.2) is 0 Å². The van der Waals surface area contributed by atoms with Crippen molar-refractivity contribution in [2.75, 3.05) is 0 Å². The van der Waals surface area contributed by atoms with Gasteiger partial charge in [0.1, 0.15) is 22.3 Å². The van der Waals surface area contributed by atoms with E-state index in [1.54, 1.807) is 0 Å². The standard InChI is InChI=1S/C72H52O2/c1-39-62-58(37-54-64-46-27-13-11-23-42(46)52(35-56(64)70(3,4)66(39)54)50-31-19-29-48-44-25-15-17-33-60(44)73-68(48)50)72(7,41-21-9-8-10-22-41)59-38-55-65-47-28-14-12-24-43(47)53(36-57(65)71(5,6)67(55)40(2)63(59)62)51-32-20-30-49-45-26-16-18-34-61(45)74-69(49)51/h8-38H,1-7H3. The van der Waals surface area contributed by atoms with Crippen molar-refractivity contribution in [2.24, 2.45) is 0 Å². The highest BCUT2D eigenvalue weighted by Crippen LogP contribution is 2.65. The van der Waals surface area contributed by atoms with Crippen LogP contribution in [-0.2, 0) is 16.2 Å². The Bertz CT molecular complexity index is 4410. The first-order valence-corrected chi connectivity index (χ1v) is 26.3. The fourth-order valence-electron chi connectivity index (χ4n) is 15.3. The zero-order valence-corrected chi connectivity index (χ0v) is 42.7. The average molecular weight is 949 g/mol. The predicted molar refractivity (Wildman–Crippen MR) is 309 cm³/mol. The van der Waals surface area contributed by atoms with Gasteiger partial charge in [-0.15, -0.1) is 0 Å². The summed E-state index contributed by atoms with van der Waals surface area (Å²) in [5.41, 5.74) is 28.1. The lowest BCUT2D eigenvalue weighted by Gasteiger charge is -2.30. The quantitative estimate of drug-likeness (QED) is 0.176. The molecule has 16 rings (SSSR count). The molecule has 0 saturated carbocycles. The SMILES string of the molecule is Cc1c2c(cc3c1C(C)(C)c1cc(-c4cccc5c4oc4ccccc45)c4ccccc4c1-3)C(C)(c1ccccc1)c1cc3c(c(C)c1-2)C(C)(C)c1cc(-c2cccc4c2oc2ccccc24)c2ccccc2c1-3. The molecule has 0 aliphatic heterocycles. The van der Waals surface area contributed by atoms with Crippen LogP contribution in [0.3, 0.4) is 0 Å². The Balaban J connectivity index is 0.948. The molecule has 0 fully saturated rings. The van der Waals surface area contributed by atoms with Crippen molar-refractivity contribution in [1.29, 1.82) is 0 Å². The van der Waals surface area contributed by atoms with E-state index in [4.69, 9.17) is 8.83 Å². The summed E-state index contributed by atoms with van der Waals surface area (Å²) in [5.74, 6) is 0. The van der Waals surface area contributed by atoms with Crippen LogP contribution in [0.15, 0.2) is 197 Å². The van der Waals surface area contributed by atoms with Crippen molar-refractivity contribution < 1.29 is 8.83 Å². The lowest BCUT2D eigenvalue weighted by molar-refractivity contribution is 0.654. The number of fused-ring (bicyclic) bond motifs is 19. The zero-order chi connectivity index (χ0) is 49.7. The molecule has 2 heteroatoms. The first-order chi connectivity index (χ1) is 36.0. The molecule has 74 heavy (non-hydrogen) atoms. The molecule has 2 nitrogen and oxygen atoms in total. The van der Waals surface area contributed by atoms with Gasteiger partial charge in [0.25, 0.3) is 0 Å². The van der Waals surface area contributed by atoms with E-state index < -0.39 is 5.41 Å². The van der Waals surface area contributed by atoms with Crippen LogP contribution < -0.4 is 0 Å². The Morgan fingerprint density at radius 3 is 1.11 bits per heavy atom. The minimum absolute atomic E-state index is 0.297. The van der Waals surface area contributed by atoms with E-state index in [1.807, 2.05) is 0 Å². The highest BCUT2D eigenvalue weighted by molar-refractivity contribution is 6.18. The minimum Gasteiger partial charge on any atom is -0.455 e. The number of benzene rings is 11. The maximum atomic E-state index is 6.74. The van der Waals surface area contributed by atoms with E-state index in [0.29, 0.717) is 0 Å².